The summed E-state index contributed by atoms with van der Waals surface area (Å²) in [6.07, 6.45) is 0.434. The van der Waals surface area contributed by atoms with Crippen LogP contribution < -0.4 is 4.74 Å². The molecule has 0 aliphatic heterocycles. The molecule has 5 nitrogen and oxygen atoms in total. The molecule has 138 valence electrons. The fraction of sp³-hybridized carbons (Fsp3) is 0.333. The van der Waals surface area contributed by atoms with Crippen LogP contribution in [-0.2, 0) is 32.1 Å². The Morgan fingerprint density at radius 1 is 0.846 bits per heavy atom. The number of benzene rings is 2. The van der Waals surface area contributed by atoms with Crippen molar-refractivity contribution in [3.05, 3.63) is 65.7 Å². The van der Waals surface area contributed by atoms with Crippen LogP contribution in [0.15, 0.2) is 54.6 Å². The molecule has 2 aromatic carbocycles. The topological polar surface area (TPSA) is 61.8 Å². The van der Waals surface area contributed by atoms with Crippen LogP contribution in [0.2, 0.25) is 0 Å². The van der Waals surface area contributed by atoms with Crippen LogP contribution in [0.1, 0.15) is 24.5 Å². The number of ether oxygens (including phenoxy) is 3. The predicted octanol–water partition coefficient (Wildman–Crippen LogP) is 3.35. The highest BCUT2D eigenvalue weighted by atomic mass is 16.5. The second-order valence-electron chi connectivity index (χ2n) is 5.88. The molecule has 0 amide bonds. The lowest BCUT2D eigenvalue weighted by molar-refractivity contribution is -0.145. The molecule has 0 aromatic heterocycles. The standard InChI is InChI=1S/C21H24O5/c1-17(22)15-21(23)26-12-11-18-7-9-20(10-8-18)25-14-13-24-16-19-5-3-2-4-6-19/h2-10H,11-16H2,1H3. The van der Waals surface area contributed by atoms with E-state index in [-0.39, 0.29) is 18.8 Å². The summed E-state index contributed by atoms with van der Waals surface area (Å²) < 4.78 is 16.2. The van der Waals surface area contributed by atoms with Crippen LogP contribution >= 0.6 is 0 Å². The quantitative estimate of drug-likeness (QED) is 0.351. The Hall–Kier alpha value is -2.66. The maximum atomic E-state index is 11.3. The lowest BCUT2D eigenvalue weighted by Gasteiger charge is -2.08. The summed E-state index contributed by atoms with van der Waals surface area (Å²) in [5.74, 6) is 0.0999. The molecule has 2 aromatic rings. The lowest BCUT2D eigenvalue weighted by Crippen LogP contribution is -2.11. The largest absolute Gasteiger partial charge is 0.491 e. The van der Waals surface area contributed by atoms with E-state index in [2.05, 4.69) is 0 Å². The zero-order valence-electron chi connectivity index (χ0n) is 15.0. The highest BCUT2D eigenvalue weighted by molar-refractivity contribution is 5.94. The maximum absolute atomic E-state index is 11.3. The van der Waals surface area contributed by atoms with Crippen molar-refractivity contribution in [3.63, 3.8) is 0 Å². The molecule has 2 rings (SSSR count). The third kappa shape index (κ3) is 7.94. The van der Waals surface area contributed by atoms with Crippen molar-refractivity contribution in [2.45, 2.75) is 26.4 Å². The van der Waals surface area contributed by atoms with Gasteiger partial charge in [0.1, 0.15) is 24.6 Å². The number of hydrogen-bond acceptors (Lipinski definition) is 5. The van der Waals surface area contributed by atoms with Crippen LogP contribution in [0, 0.1) is 0 Å². The molecule has 0 spiro atoms. The molecule has 0 unspecified atom stereocenters. The molecule has 0 aliphatic rings. The first kappa shape index (κ1) is 19.7. The maximum Gasteiger partial charge on any atom is 0.313 e. The Balaban J connectivity index is 1.59. The number of carbonyl (C=O) groups excluding carboxylic acids is 2. The SMILES string of the molecule is CC(=O)CC(=O)OCCc1ccc(OCCOCc2ccccc2)cc1. The fourth-order valence-electron chi connectivity index (χ4n) is 2.27. The van der Waals surface area contributed by atoms with Crippen LogP contribution in [0.5, 0.6) is 5.75 Å². The first-order chi connectivity index (χ1) is 12.6. The van der Waals surface area contributed by atoms with Crippen molar-refractivity contribution in [3.8, 4) is 5.75 Å². The van der Waals surface area contributed by atoms with Gasteiger partial charge in [0.05, 0.1) is 19.8 Å². The van der Waals surface area contributed by atoms with Crippen molar-refractivity contribution in [1.29, 1.82) is 0 Å². The van der Waals surface area contributed by atoms with E-state index in [4.69, 9.17) is 14.2 Å². The minimum absolute atomic E-state index is 0.168. The first-order valence-electron chi connectivity index (χ1n) is 8.62. The minimum atomic E-state index is -0.479. The van der Waals surface area contributed by atoms with E-state index in [9.17, 15) is 9.59 Å². The number of rotatable bonds is 11. The summed E-state index contributed by atoms with van der Waals surface area (Å²) >= 11 is 0. The molecule has 0 N–H and O–H groups in total. The number of esters is 1. The zero-order chi connectivity index (χ0) is 18.6. The van der Waals surface area contributed by atoms with Gasteiger partial charge >= 0.3 is 5.97 Å². The molecule has 0 bridgehead atoms. The van der Waals surface area contributed by atoms with Gasteiger partial charge in [0.2, 0.25) is 0 Å². The predicted molar refractivity (Wildman–Crippen MR) is 98.0 cm³/mol. The molecule has 0 atom stereocenters. The summed E-state index contributed by atoms with van der Waals surface area (Å²) in [5, 5.41) is 0. The molecule has 0 aliphatic carbocycles. The van der Waals surface area contributed by atoms with Gasteiger partial charge in [0.15, 0.2) is 0 Å². The average molecular weight is 356 g/mol. The van der Waals surface area contributed by atoms with Gasteiger partial charge in [-0.05, 0) is 30.2 Å². The Kier molecular flexibility index (Phi) is 8.36. The van der Waals surface area contributed by atoms with Crippen molar-refractivity contribution >= 4 is 11.8 Å². The highest BCUT2D eigenvalue weighted by Gasteiger charge is 2.06. The van der Waals surface area contributed by atoms with Gasteiger partial charge in [-0.3, -0.25) is 9.59 Å². The second kappa shape index (κ2) is 11.1. The molecule has 26 heavy (non-hydrogen) atoms. The van der Waals surface area contributed by atoms with Crippen molar-refractivity contribution in [2.75, 3.05) is 19.8 Å². The van der Waals surface area contributed by atoms with Gasteiger partial charge in [0.25, 0.3) is 0 Å². The first-order valence-corrected chi connectivity index (χ1v) is 8.62. The fourth-order valence-corrected chi connectivity index (χ4v) is 2.27. The van der Waals surface area contributed by atoms with Gasteiger partial charge in [-0.2, -0.15) is 0 Å². The molecule has 0 heterocycles. The normalized spacial score (nSPS) is 10.3. The number of carbonyl (C=O) groups is 2. The Bertz CT molecular complexity index is 679. The van der Waals surface area contributed by atoms with E-state index in [1.165, 1.54) is 6.92 Å². The Morgan fingerprint density at radius 3 is 2.27 bits per heavy atom. The zero-order valence-corrected chi connectivity index (χ0v) is 15.0. The number of hydrogen-bond donors (Lipinski definition) is 0. The van der Waals surface area contributed by atoms with Gasteiger partial charge in [-0.15, -0.1) is 0 Å². The van der Waals surface area contributed by atoms with Crippen LogP contribution in [0.3, 0.4) is 0 Å². The van der Waals surface area contributed by atoms with Gasteiger partial charge < -0.3 is 14.2 Å². The van der Waals surface area contributed by atoms with Crippen LogP contribution in [-0.4, -0.2) is 31.6 Å². The second-order valence-corrected chi connectivity index (χ2v) is 5.88. The van der Waals surface area contributed by atoms with Crippen molar-refractivity contribution in [2.24, 2.45) is 0 Å². The minimum Gasteiger partial charge on any atom is -0.491 e. The molecule has 0 radical (unpaired) electrons. The van der Waals surface area contributed by atoms with E-state index in [1.54, 1.807) is 0 Å². The highest BCUT2D eigenvalue weighted by Crippen LogP contribution is 2.13. The molecule has 0 fully saturated rings. The van der Waals surface area contributed by atoms with Gasteiger partial charge in [-0.1, -0.05) is 42.5 Å². The lowest BCUT2D eigenvalue weighted by atomic mass is 10.1. The van der Waals surface area contributed by atoms with Gasteiger partial charge in [-0.25, -0.2) is 0 Å². The van der Waals surface area contributed by atoms with E-state index >= 15 is 0 Å². The molecular weight excluding hydrogens is 332 g/mol. The summed E-state index contributed by atoms with van der Waals surface area (Å²) in [6, 6.07) is 17.6. The van der Waals surface area contributed by atoms with E-state index < -0.39 is 5.97 Å². The Morgan fingerprint density at radius 2 is 1.58 bits per heavy atom. The molecule has 0 saturated heterocycles. The summed E-state index contributed by atoms with van der Waals surface area (Å²) in [5.41, 5.74) is 2.18. The third-order valence-electron chi connectivity index (χ3n) is 3.58. The van der Waals surface area contributed by atoms with Crippen molar-refractivity contribution < 1.29 is 23.8 Å². The molecule has 0 saturated carbocycles. The third-order valence-corrected chi connectivity index (χ3v) is 3.58. The number of ketones is 1. The summed E-state index contributed by atoms with van der Waals surface area (Å²) in [7, 11) is 0. The summed E-state index contributed by atoms with van der Waals surface area (Å²) in [4.78, 5) is 22.1. The van der Waals surface area contributed by atoms with E-state index in [1.807, 2.05) is 54.6 Å². The van der Waals surface area contributed by atoms with E-state index in [0.717, 1.165) is 16.9 Å². The smallest absolute Gasteiger partial charge is 0.313 e. The van der Waals surface area contributed by atoms with Gasteiger partial charge in [0, 0.05) is 6.42 Å². The molecular formula is C21H24O5. The summed E-state index contributed by atoms with van der Waals surface area (Å²) in [6.45, 7) is 3.20. The Labute approximate surface area is 153 Å². The van der Waals surface area contributed by atoms with Crippen LogP contribution in [0.4, 0.5) is 0 Å². The molecule has 5 heteroatoms. The van der Waals surface area contributed by atoms with Crippen LogP contribution in [0.25, 0.3) is 0 Å². The number of Topliss-reactive ketones (excluding diaryl/α,β-unsaturated/α-hetero) is 1. The van der Waals surface area contributed by atoms with E-state index in [0.29, 0.717) is 26.2 Å². The monoisotopic (exact) mass is 356 g/mol. The average Bonchev–Trinajstić information content (AvgIpc) is 2.63. The van der Waals surface area contributed by atoms with Crippen molar-refractivity contribution in [1.82, 2.24) is 0 Å².